The standard InChI is InChI=1S/C60H45NO/c1-59(2)52-22-12-9-19-50(52)58-45(20-14-23-53(58)59)39-25-29-42(30-26-39)61(43-31-34-47-46-17-8-11-21-51(46)60(3,4)54(47)37-43)55-35-40(38-15-6-5-7-16-38)27-32-44(55)41-28-33-49-48-18-10-13-24-56(48)62-57(49)36-41/h5-37H,1-4H3. The van der Waals surface area contributed by atoms with Crippen molar-refractivity contribution in [3.05, 3.63) is 222 Å². The van der Waals surface area contributed by atoms with E-state index in [1.807, 2.05) is 6.07 Å². The number of anilines is 3. The van der Waals surface area contributed by atoms with Crippen molar-refractivity contribution in [3.63, 3.8) is 0 Å². The molecule has 0 amide bonds. The van der Waals surface area contributed by atoms with E-state index in [0.717, 1.165) is 55.7 Å². The molecule has 2 nitrogen and oxygen atoms in total. The van der Waals surface area contributed by atoms with Gasteiger partial charge < -0.3 is 9.32 Å². The number of rotatable bonds is 6. The molecule has 10 aromatic rings. The first-order valence-electron chi connectivity index (χ1n) is 21.8. The van der Waals surface area contributed by atoms with Gasteiger partial charge in [0.1, 0.15) is 11.2 Å². The molecule has 0 spiro atoms. The van der Waals surface area contributed by atoms with Crippen LogP contribution in [-0.2, 0) is 10.8 Å². The van der Waals surface area contributed by atoms with Crippen LogP contribution in [0.2, 0.25) is 0 Å². The minimum atomic E-state index is -0.156. The van der Waals surface area contributed by atoms with Crippen molar-refractivity contribution < 1.29 is 4.42 Å². The van der Waals surface area contributed by atoms with Gasteiger partial charge in [0.15, 0.2) is 0 Å². The van der Waals surface area contributed by atoms with Gasteiger partial charge in [-0.25, -0.2) is 0 Å². The average molecular weight is 796 g/mol. The number of fused-ring (bicyclic) bond motifs is 9. The fraction of sp³-hybridized carbons (Fsp3) is 0.100. The summed E-state index contributed by atoms with van der Waals surface area (Å²) in [5.41, 5.74) is 22.7. The van der Waals surface area contributed by atoms with Crippen LogP contribution in [0, 0.1) is 0 Å². The lowest BCUT2D eigenvalue weighted by molar-refractivity contribution is 0.660. The van der Waals surface area contributed by atoms with E-state index in [1.54, 1.807) is 0 Å². The van der Waals surface area contributed by atoms with Crippen LogP contribution in [0.1, 0.15) is 49.9 Å². The van der Waals surface area contributed by atoms with Crippen LogP contribution in [0.15, 0.2) is 205 Å². The lowest BCUT2D eigenvalue weighted by Gasteiger charge is -2.30. The summed E-state index contributed by atoms with van der Waals surface area (Å²) in [6.07, 6.45) is 0. The molecule has 0 saturated carbocycles. The molecule has 2 heteroatoms. The topological polar surface area (TPSA) is 16.4 Å². The van der Waals surface area contributed by atoms with E-state index < -0.39 is 0 Å². The molecule has 9 aromatic carbocycles. The zero-order chi connectivity index (χ0) is 41.7. The fourth-order valence-electron chi connectivity index (χ4n) is 10.7. The monoisotopic (exact) mass is 795 g/mol. The molecule has 62 heavy (non-hydrogen) atoms. The fourth-order valence-corrected chi connectivity index (χ4v) is 10.7. The van der Waals surface area contributed by atoms with E-state index >= 15 is 0 Å². The highest BCUT2D eigenvalue weighted by Crippen LogP contribution is 2.54. The molecule has 0 aliphatic heterocycles. The molecule has 0 bridgehead atoms. The zero-order valence-corrected chi connectivity index (χ0v) is 35.4. The van der Waals surface area contributed by atoms with Gasteiger partial charge >= 0.3 is 0 Å². The molecule has 0 radical (unpaired) electrons. The van der Waals surface area contributed by atoms with Crippen molar-refractivity contribution in [1.82, 2.24) is 0 Å². The summed E-state index contributed by atoms with van der Waals surface area (Å²) < 4.78 is 6.49. The third-order valence-electron chi connectivity index (χ3n) is 13.9. The van der Waals surface area contributed by atoms with Crippen molar-refractivity contribution in [2.24, 2.45) is 0 Å². The van der Waals surface area contributed by atoms with Crippen LogP contribution in [0.25, 0.3) is 77.6 Å². The van der Waals surface area contributed by atoms with Gasteiger partial charge in [-0.1, -0.05) is 179 Å². The highest BCUT2D eigenvalue weighted by Gasteiger charge is 2.37. The van der Waals surface area contributed by atoms with Crippen molar-refractivity contribution in [2.45, 2.75) is 38.5 Å². The number of para-hydroxylation sites is 1. The molecular formula is C60H45NO. The van der Waals surface area contributed by atoms with Crippen LogP contribution in [-0.4, -0.2) is 0 Å². The predicted octanol–water partition coefficient (Wildman–Crippen LogP) is 16.7. The molecule has 2 aliphatic rings. The Balaban J connectivity index is 1.08. The quantitative estimate of drug-likeness (QED) is 0.167. The second-order valence-corrected chi connectivity index (χ2v) is 18.1. The van der Waals surface area contributed by atoms with Gasteiger partial charge in [0, 0.05) is 38.5 Å². The van der Waals surface area contributed by atoms with Crippen molar-refractivity contribution >= 4 is 39.0 Å². The van der Waals surface area contributed by atoms with Gasteiger partial charge in [-0.2, -0.15) is 0 Å². The second kappa shape index (κ2) is 13.5. The van der Waals surface area contributed by atoms with Gasteiger partial charge in [0.2, 0.25) is 0 Å². The Hall–Kier alpha value is -7.42. The average Bonchev–Trinajstić information content (AvgIpc) is 3.89. The van der Waals surface area contributed by atoms with E-state index in [9.17, 15) is 0 Å². The molecule has 0 fully saturated rings. The molecular weight excluding hydrogens is 751 g/mol. The van der Waals surface area contributed by atoms with Gasteiger partial charge in [-0.15, -0.1) is 0 Å². The normalized spacial score (nSPS) is 14.1. The maximum atomic E-state index is 6.49. The highest BCUT2D eigenvalue weighted by molar-refractivity contribution is 6.06. The number of hydrogen-bond acceptors (Lipinski definition) is 2. The zero-order valence-electron chi connectivity index (χ0n) is 35.4. The maximum absolute atomic E-state index is 6.49. The van der Waals surface area contributed by atoms with E-state index in [2.05, 4.69) is 227 Å². The number of benzene rings is 9. The first-order chi connectivity index (χ1) is 30.3. The van der Waals surface area contributed by atoms with E-state index in [4.69, 9.17) is 4.42 Å². The smallest absolute Gasteiger partial charge is 0.136 e. The first-order valence-corrected chi connectivity index (χ1v) is 21.8. The number of nitrogens with zero attached hydrogens (tertiary/aromatic N) is 1. The van der Waals surface area contributed by atoms with Crippen molar-refractivity contribution in [1.29, 1.82) is 0 Å². The molecule has 2 aliphatic carbocycles. The summed E-state index contributed by atoms with van der Waals surface area (Å²) in [7, 11) is 0. The summed E-state index contributed by atoms with van der Waals surface area (Å²) in [6.45, 7) is 9.43. The van der Waals surface area contributed by atoms with Crippen LogP contribution >= 0.6 is 0 Å². The summed E-state index contributed by atoms with van der Waals surface area (Å²) in [5, 5.41) is 2.26. The highest BCUT2D eigenvalue weighted by atomic mass is 16.3. The summed E-state index contributed by atoms with van der Waals surface area (Å²) in [5.74, 6) is 0. The van der Waals surface area contributed by atoms with E-state index in [0.29, 0.717) is 0 Å². The number of furan rings is 1. The minimum absolute atomic E-state index is 0.0642. The van der Waals surface area contributed by atoms with Gasteiger partial charge in [0.05, 0.1) is 5.69 Å². The minimum Gasteiger partial charge on any atom is -0.456 e. The summed E-state index contributed by atoms with van der Waals surface area (Å²) in [6, 6.07) is 73.7. The predicted molar refractivity (Wildman–Crippen MR) is 260 cm³/mol. The molecule has 0 N–H and O–H groups in total. The van der Waals surface area contributed by atoms with Gasteiger partial charge in [-0.3, -0.25) is 0 Å². The molecule has 12 rings (SSSR count). The van der Waals surface area contributed by atoms with Crippen molar-refractivity contribution in [2.75, 3.05) is 4.90 Å². The molecule has 0 unspecified atom stereocenters. The summed E-state index contributed by atoms with van der Waals surface area (Å²) >= 11 is 0. The Morgan fingerprint density at radius 2 is 0.919 bits per heavy atom. The van der Waals surface area contributed by atoms with E-state index in [1.165, 1.54) is 61.2 Å². The first kappa shape index (κ1) is 36.4. The number of hydrogen-bond donors (Lipinski definition) is 0. The molecule has 1 heterocycles. The Morgan fingerprint density at radius 1 is 0.339 bits per heavy atom. The third kappa shape index (κ3) is 5.43. The molecule has 0 atom stereocenters. The Kier molecular flexibility index (Phi) is 7.96. The molecule has 296 valence electrons. The lowest BCUT2D eigenvalue weighted by Crippen LogP contribution is -2.17. The van der Waals surface area contributed by atoms with Gasteiger partial charge in [-0.05, 0) is 121 Å². The Labute approximate surface area is 363 Å². The van der Waals surface area contributed by atoms with Crippen LogP contribution in [0.3, 0.4) is 0 Å². The SMILES string of the molecule is CC1(C)c2ccccc2-c2ccc(N(c3ccc(-c4cccc5c4-c4ccccc4C5(C)C)cc3)c3cc(-c4ccccc4)ccc3-c3ccc4c(c3)oc3ccccc34)cc21. The Morgan fingerprint density at radius 3 is 1.74 bits per heavy atom. The molecule has 1 aromatic heterocycles. The molecule has 0 saturated heterocycles. The van der Waals surface area contributed by atoms with Crippen LogP contribution < -0.4 is 4.90 Å². The van der Waals surface area contributed by atoms with E-state index in [-0.39, 0.29) is 10.8 Å². The maximum Gasteiger partial charge on any atom is 0.136 e. The van der Waals surface area contributed by atoms with Gasteiger partial charge in [0.25, 0.3) is 0 Å². The third-order valence-corrected chi connectivity index (χ3v) is 13.9. The summed E-state index contributed by atoms with van der Waals surface area (Å²) in [4.78, 5) is 2.47. The van der Waals surface area contributed by atoms with Crippen LogP contribution in [0.5, 0.6) is 0 Å². The Bertz CT molecular complexity index is 3400. The van der Waals surface area contributed by atoms with Crippen LogP contribution in [0.4, 0.5) is 17.1 Å². The largest absolute Gasteiger partial charge is 0.456 e. The van der Waals surface area contributed by atoms with Crippen molar-refractivity contribution in [3.8, 4) is 55.6 Å². The lowest BCUT2D eigenvalue weighted by atomic mass is 9.82. The second-order valence-electron chi connectivity index (χ2n) is 18.1.